The van der Waals surface area contributed by atoms with Crippen LogP contribution in [0.15, 0.2) is 53.4 Å². The zero-order chi connectivity index (χ0) is 19.3. The molecule has 1 N–H and O–H groups in total. The molecule has 144 valence electrons. The van der Waals surface area contributed by atoms with Crippen LogP contribution in [0.2, 0.25) is 0 Å². The van der Waals surface area contributed by atoms with Crippen molar-refractivity contribution in [1.29, 1.82) is 0 Å². The van der Waals surface area contributed by atoms with Crippen LogP contribution < -0.4 is 5.32 Å². The first kappa shape index (κ1) is 19.5. The summed E-state index contributed by atoms with van der Waals surface area (Å²) in [5.74, 6) is -0.439. The predicted molar refractivity (Wildman–Crippen MR) is 104 cm³/mol. The summed E-state index contributed by atoms with van der Waals surface area (Å²) in [7, 11) is -3.75. The summed E-state index contributed by atoms with van der Waals surface area (Å²) in [6, 6.07) is 13.9. The number of morpholine rings is 1. The van der Waals surface area contributed by atoms with Crippen molar-refractivity contribution in [3.05, 3.63) is 59.7 Å². The van der Waals surface area contributed by atoms with E-state index in [-0.39, 0.29) is 23.5 Å². The lowest BCUT2D eigenvalue weighted by Gasteiger charge is -2.26. The number of amides is 1. The number of sulfonamides is 1. The van der Waals surface area contributed by atoms with Crippen LogP contribution in [0.4, 0.5) is 5.69 Å². The number of aryl methyl sites for hydroxylation is 1. The minimum absolute atomic E-state index is 0.0204. The van der Waals surface area contributed by atoms with Crippen molar-refractivity contribution in [1.82, 2.24) is 4.31 Å². The molecule has 0 atom stereocenters. The summed E-state index contributed by atoms with van der Waals surface area (Å²) in [6.07, 6.45) is 2.04. The first-order valence-corrected chi connectivity index (χ1v) is 10.5. The van der Waals surface area contributed by atoms with Crippen LogP contribution in [-0.2, 0) is 21.2 Å². The van der Waals surface area contributed by atoms with Crippen LogP contribution in [0.3, 0.4) is 0 Å². The van der Waals surface area contributed by atoms with Crippen molar-refractivity contribution in [3.63, 3.8) is 0 Å². The van der Waals surface area contributed by atoms with E-state index >= 15 is 0 Å². The number of carbonyl (C=O) groups excluding carboxylic acids is 1. The van der Waals surface area contributed by atoms with Gasteiger partial charge in [-0.15, -0.1) is 0 Å². The number of nitrogens with zero attached hydrogens (tertiary/aromatic N) is 1. The number of hydrogen-bond acceptors (Lipinski definition) is 4. The van der Waals surface area contributed by atoms with Gasteiger partial charge < -0.3 is 10.1 Å². The normalized spacial score (nSPS) is 15.4. The Bertz CT molecular complexity index is 888. The van der Waals surface area contributed by atoms with Crippen LogP contribution in [0.5, 0.6) is 0 Å². The second-order valence-electron chi connectivity index (χ2n) is 6.41. The van der Waals surface area contributed by atoms with E-state index in [2.05, 4.69) is 12.2 Å². The molecule has 7 heteroatoms. The second-order valence-corrected chi connectivity index (χ2v) is 8.32. The second kappa shape index (κ2) is 8.65. The lowest BCUT2D eigenvalue weighted by atomic mass is 10.1. The molecule has 0 aromatic heterocycles. The molecule has 0 bridgehead atoms. The molecule has 1 amide bonds. The zero-order valence-corrected chi connectivity index (χ0v) is 16.2. The molecule has 6 nitrogen and oxygen atoms in total. The SMILES string of the molecule is CCCc1ccc(NC(=O)c2ccccc2S(=O)(=O)N2CCOCC2)cc1. The maximum Gasteiger partial charge on any atom is 0.257 e. The molecule has 0 aliphatic carbocycles. The van der Waals surface area contributed by atoms with Crippen molar-refractivity contribution in [2.45, 2.75) is 24.7 Å². The van der Waals surface area contributed by atoms with Gasteiger partial charge in [0.05, 0.1) is 23.7 Å². The number of nitrogens with one attached hydrogen (secondary N) is 1. The summed E-state index contributed by atoms with van der Waals surface area (Å²) in [4.78, 5) is 12.8. The Hall–Kier alpha value is -2.22. The third-order valence-electron chi connectivity index (χ3n) is 4.47. The molecule has 0 radical (unpaired) electrons. The van der Waals surface area contributed by atoms with Gasteiger partial charge >= 0.3 is 0 Å². The number of carbonyl (C=O) groups is 1. The highest BCUT2D eigenvalue weighted by atomic mass is 32.2. The van der Waals surface area contributed by atoms with Gasteiger partial charge in [-0.1, -0.05) is 37.6 Å². The smallest absolute Gasteiger partial charge is 0.257 e. The lowest BCUT2D eigenvalue weighted by Crippen LogP contribution is -2.41. The number of benzene rings is 2. The molecule has 1 saturated heterocycles. The molecule has 27 heavy (non-hydrogen) atoms. The van der Waals surface area contributed by atoms with Gasteiger partial charge in [0.2, 0.25) is 10.0 Å². The Morgan fingerprint density at radius 1 is 1.07 bits per heavy atom. The highest BCUT2D eigenvalue weighted by Gasteiger charge is 2.30. The van der Waals surface area contributed by atoms with E-state index in [0.29, 0.717) is 18.9 Å². The monoisotopic (exact) mass is 388 g/mol. The van der Waals surface area contributed by atoms with E-state index in [1.165, 1.54) is 22.0 Å². The van der Waals surface area contributed by atoms with E-state index in [1.54, 1.807) is 12.1 Å². The summed E-state index contributed by atoms with van der Waals surface area (Å²) >= 11 is 0. The van der Waals surface area contributed by atoms with Crippen molar-refractivity contribution < 1.29 is 17.9 Å². The number of hydrogen-bond donors (Lipinski definition) is 1. The molecule has 1 fully saturated rings. The molecule has 3 rings (SSSR count). The summed E-state index contributed by atoms with van der Waals surface area (Å²) < 4.78 is 32.5. The lowest BCUT2D eigenvalue weighted by molar-refractivity contribution is 0.0730. The van der Waals surface area contributed by atoms with E-state index in [4.69, 9.17) is 4.74 Å². The number of rotatable bonds is 6. The van der Waals surface area contributed by atoms with Crippen molar-refractivity contribution in [2.75, 3.05) is 31.6 Å². The zero-order valence-electron chi connectivity index (χ0n) is 15.3. The van der Waals surface area contributed by atoms with Crippen LogP contribution in [0, 0.1) is 0 Å². The average molecular weight is 388 g/mol. The fraction of sp³-hybridized carbons (Fsp3) is 0.350. The van der Waals surface area contributed by atoms with E-state index < -0.39 is 15.9 Å². The molecule has 1 heterocycles. The molecule has 0 saturated carbocycles. The Morgan fingerprint density at radius 2 is 1.74 bits per heavy atom. The van der Waals surface area contributed by atoms with Gasteiger partial charge in [-0.2, -0.15) is 4.31 Å². The standard InChI is InChI=1S/C20H24N2O4S/c1-2-5-16-8-10-17(11-9-16)21-20(23)18-6-3-4-7-19(18)27(24,25)22-12-14-26-15-13-22/h3-4,6-11H,2,5,12-15H2,1H3,(H,21,23). The minimum Gasteiger partial charge on any atom is -0.379 e. The van der Waals surface area contributed by atoms with Crippen LogP contribution in [0.25, 0.3) is 0 Å². The van der Waals surface area contributed by atoms with Gasteiger partial charge in [0.15, 0.2) is 0 Å². The maximum absolute atomic E-state index is 13.0. The van der Waals surface area contributed by atoms with Crippen molar-refractivity contribution in [3.8, 4) is 0 Å². The van der Waals surface area contributed by atoms with Crippen molar-refractivity contribution >= 4 is 21.6 Å². The third kappa shape index (κ3) is 4.55. The molecule has 1 aliphatic rings. The quantitative estimate of drug-likeness (QED) is 0.826. The third-order valence-corrected chi connectivity index (χ3v) is 6.43. The molecule has 2 aromatic rings. The van der Waals surface area contributed by atoms with Crippen LogP contribution in [-0.4, -0.2) is 44.9 Å². The van der Waals surface area contributed by atoms with Gasteiger partial charge in [-0.3, -0.25) is 4.79 Å². The van der Waals surface area contributed by atoms with Gasteiger partial charge in [-0.25, -0.2) is 8.42 Å². The van der Waals surface area contributed by atoms with Crippen molar-refractivity contribution in [2.24, 2.45) is 0 Å². The highest BCUT2D eigenvalue weighted by Crippen LogP contribution is 2.22. The first-order chi connectivity index (χ1) is 13.0. The molecule has 1 aliphatic heterocycles. The van der Waals surface area contributed by atoms with E-state index in [1.807, 2.05) is 24.3 Å². The summed E-state index contributed by atoms with van der Waals surface area (Å²) in [5, 5.41) is 2.80. The Balaban J connectivity index is 1.83. The van der Waals surface area contributed by atoms with Gasteiger partial charge in [0.1, 0.15) is 0 Å². The topological polar surface area (TPSA) is 75.7 Å². The summed E-state index contributed by atoms with van der Waals surface area (Å²) in [6.45, 7) is 3.41. The first-order valence-electron chi connectivity index (χ1n) is 9.09. The van der Waals surface area contributed by atoms with Gasteiger partial charge in [-0.05, 0) is 36.2 Å². The molecule has 0 spiro atoms. The van der Waals surface area contributed by atoms with E-state index in [9.17, 15) is 13.2 Å². The minimum atomic E-state index is -3.75. The van der Waals surface area contributed by atoms with Crippen LogP contribution >= 0.6 is 0 Å². The largest absolute Gasteiger partial charge is 0.379 e. The average Bonchev–Trinajstić information content (AvgIpc) is 2.70. The molecular weight excluding hydrogens is 364 g/mol. The Labute approximate surface area is 160 Å². The fourth-order valence-corrected chi connectivity index (χ4v) is 4.64. The Kier molecular flexibility index (Phi) is 6.26. The predicted octanol–water partition coefficient (Wildman–Crippen LogP) is 2.91. The highest BCUT2D eigenvalue weighted by molar-refractivity contribution is 7.89. The maximum atomic E-state index is 13.0. The molecule has 2 aromatic carbocycles. The number of ether oxygens (including phenoxy) is 1. The molecular formula is C20H24N2O4S. The number of anilines is 1. The molecule has 0 unspecified atom stereocenters. The fourth-order valence-electron chi connectivity index (χ4n) is 3.05. The summed E-state index contributed by atoms with van der Waals surface area (Å²) in [5.41, 5.74) is 1.98. The Morgan fingerprint density at radius 3 is 2.41 bits per heavy atom. The van der Waals surface area contributed by atoms with Gasteiger partial charge in [0.25, 0.3) is 5.91 Å². The van der Waals surface area contributed by atoms with E-state index in [0.717, 1.165) is 12.8 Å². The van der Waals surface area contributed by atoms with Gasteiger partial charge in [0, 0.05) is 18.8 Å². The van der Waals surface area contributed by atoms with Crippen LogP contribution in [0.1, 0.15) is 29.3 Å².